The van der Waals surface area contributed by atoms with Crippen molar-refractivity contribution in [3.63, 3.8) is 0 Å². The van der Waals surface area contributed by atoms with Crippen molar-refractivity contribution >= 4 is 33.2 Å². The van der Waals surface area contributed by atoms with Gasteiger partial charge < -0.3 is 5.11 Å². The fourth-order valence-electron chi connectivity index (χ4n) is 4.25. The number of primary sulfonamides is 1. The fraction of sp³-hybridized carbons (Fsp3) is 0.222. The van der Waals surface area contributed by atoms with Crippen LogP contribution in [0.3, 0.4) is 0 Å². The summed E-state index contributed by atoms with van der Waals surface area (Å²) in [5.41, 5.74) is 2.75. The standard InChI is InChI=1S/C27H27N3O5S/c1-16-5-6-18(27(2,3)4)15-21(16)24(31)22-23(17-11-13-29-14-12-17)30(26(33)25(22)32)19-7-9-20(10-8-19)36(28,34)35/h5-15,23,31H,1-4H3,(H2,28,34,35)/b24-22+. The van der Waals surface area contributed by atoms with Crippen molar-refractivity contribution < 1.29 is 23.1 Å². The quantitative estimate of drug-likeness (QED) is 0.314. The van der Waals surface area contributed by atoms with Crippen LogP contribution in [0.25, 0.3) is 5.76 Å². The second-order valence-corrected chi connectivity index (χ2v) is 11.3. The average Bonchev–Trinajstić information content (AvgIpc) is 3.09. The molecule has 4 rings (SSSR count). The third-order valence-electron chi connectivity index (χ3n) is 6.27. The molecule has 0 spiro atoms. The number of sulfonamides is 1. The summed E-state index contributed by atoms with van der Waals surface area (Å²) in [4.78, 5) is 31.8. The van der Waals surface area contributed by atoms with Gasteiger partial charge in [-0.05, 0) is 71.5 Å². The van der Waals surface area contributed by atoms with Gasteiger partial charge in [0.1, 0.15) is 5.76 Å². The fourth-order valence-corrected chi connectivity index (χ4v) is 4.76. The molecular weight excluding hydrogens is 478 g/mol. The molecule has 36 heavy (non-hydrogen) atoms. The lowest BCUT2D eigenvalue weighted by Gasteiger charge is -2.26. The van der Waals surface area contributed by atoms with Crippen molar-refractivity contribution in [1.82, 2.24) is 4.98 Å². The second-order valence-electron chi connectivity index (χ2n) is 9.77. The molecular formula is C27H27N3O5S. The normalized spacial score (nSPS) is 18.0. The highest BCUT2D eigenvalue weighted by atomic mass is 32.2. The van der Waals surface area contributed by atoms with Crippen LogP contribution in [0.2, 0.25) is 0 Å². The summed E-state index contributed by atoms with van der Waals surface area (Å²) in [6.45, 7) is 7.96. The summed E-state index contributed by atoms with van der Waals surface area (Å²) >= 11 is 0. The van der Waals surface area contributed by atoms with Crippen LogP contribution in [0.15, 0.2) is 77.5 Å². The highest BCUT2D eigenvalue weighted by Gasteiger charge is 2.47. The molecule has 3 N–H and O–H groups in total. The van der Waals surface area contributed by atoms with Crippen molar-refractivity contribution in [1.29, 1.82) is 0 Å². The van der Waals surface area contributed by atoms with E-state index in [9.17, 15) is 23.1 Å². The van der Waals surface area contributed by atoms with E-state index in [-0.39, 0.29) is 27.3 Å². The van der Waals surface area contributed by atoms with Crippen LogP contribution < -0.4 is 10.0 Å². The largest absolute Gasteiger partial charge is 0.507 e. The number of amides is 1. The first-order chi connectivity index (χ1) is 16.8. The van der Waals surface area contributed by atoms with Crippen molar-refractivity contribution in [2.75, 3.05) is 4.90 Å². The topological polar surface area (TPSA) is 131 Å². The van der Waals surface area contributed by atoms with Crippen LogP contribution in [0.1, 0.15) is 49.1 Å². The third kappa shape index (κ3) is 4.55. The number of anilines is 1. The van der Waals surface area contributed by atoms with Gasteiger partial charge in [0.05, 0.1) is 16.5 Å². The number of aromatic nitrogens is 1. The van der Waals surface area contributed by atoms with Gasteiger partial charge in [0, 0.05) is 23.6 Å². The SMILES string of the molecule is Cc1ccc(C(C)(C)C)cc1/C(O)=C1\C(=O)C(=O)N(c2ccc(S(N)(=O)=O)cc2)C1c1ccncc1. The van der Waals surface area contributed by atoms with Crippen molar-refractivity contribution in [2.24, 2.45) is 5.14 Å². The zero-order valence-electron chi connectivity index (χ0n) is 20.4. The molecule has 1 aliphatic heterocycles. The molecule has 186 valence electrons. The minimum atomic E-state index is -3.94. The molecule has 0 bridgehead atoms. The maximum Gasteiger partial charge on any atom is 0.300 e. The van der Waals surface area contributed by atoms with Crippen LogP contribution in [0, 0.1) is 6.92 Å². The Morgan fingerprint density at radius 3 is 2.17 bits per heavy atom. The molecule has 0 saturated carbocycles. The molecule has 1 aromatic heterocycles. The molecule has 1 saturated heterocycles. The number of pyridine rings is 1. The molecule has 3 aromatic rings. The van der Waals surface area contributed by atoms with Gasteiger partial charge in [0.2, 0.25) is 10.0 Å². The molecule has 8 nitrogen and oxygen atoms in total. The number of benzene rings is 2. The molecule has 2 aromatic carbocycles. The first-order valence-corrected chi connectivity index (χ1v) is 12.8. The van der Waals surface area contributed by atoms with E-state index in [1.165, 1.54) is 41.6 Å². The Kier molecular flexibility index (Phi) is 6.32. The number of nitrogens with zero attached hydrogens (tertiary/aromatic N) is 2. The minimum Gasteiger partial charge on any atom is -0.507 e. The van der Waals surface area contributed by atoms with Crippen LogP contribution >= 0.6 is 0 Å². The van der Waals surface area contributed by atoms with Gasteiger partial charge in [-0.15, -0.1) is 0 Å². The van der Waals surface area contributed by atoms with Gasteiger partial charge in [-0.1, -0.05) is 32.9 Å². The number of ketones is 1. The monoisotopic (exact) mass is 505 g/mol. The number of carbonyl (C=O) groups is 2. The molecule has 9 heteroatoms. The number of aliphatic hydroxyl groups is 1. The maximum atomic E-state index is 13.4. The molecule has 0 radical (unpaired) electrons. The number of aliphatic hydroxyl groups excluding tert-OH is 1. The molecule has 2 heterocycles. The van der Waals surface area contributed by atoms with Crippen molar-refractivity contribution in [3.05, 3.63) is 94.8 Å². The number of nitrogens with two attached hydrogens (primary N) is 1. The first kappa shape index (κ1) is 25.3. The predicted octanol–water partition coefficient (Wildman–Crippen LogP) is 3.96. The van der Waals surface area contributed by atoms with Gasteiger partial charge in [0.15, 0.2) is 0 Å². The van der Waals surface area contributed by atoms with Crippen LogP contribution in [0.5, 0.6) is 0 Å². The predicted molar refractivity (Wildman–Crippen MR) is 137 cm³/mol. The molecule has 1 atom stereocenters. The summed E-state index contributed by atoms with van der Waals surface area (Å²) in [5.74, 6) is -1.96. The van der Waals surface area contributed by atoms with Gasteiger partial charge in [-0.25, -0.2) is 13.6 Å². The molecule has 1 aliphatic rings. The summed E-state index contributed by atoms with van der Waals surface area (Å²) < 4.78 is 23.4. The number of hydrogen-bond donors (Lipinski definition) is 2. The summed E-state index contributed by atoms with van der Waals surface area (Å²) in [5, 5.41) is 16.7. The first-order valence-electron chi connectivity index (χ1n) is 11.3. The lowest BCUT2D eigenvalue weighted by atomic mass is 9.84. The van der Waals surface area contributed by atoms with Gasteiger partial charge in [-0.3, -0.25) is 19.5 Å². The number of carbonyl (C=O) groups excluding carboxylic acids is 2. The van der Waals surface area contributed by atoms with E-state index in [0.717, 1.165) is 11.1 Å². The Morgan fingerprint density at radius 2 is 1.61 bits per heavy atom. The van der Waals surface area contributed by atoms with E-state index >= 15 is 0 Å². The Morgan fingerprint density at radius 1 is 1.00 bits per heavy atom. The van der Waals surface area contributed by atoms with E-state index in [1.807, 2.05) is 45.9 Å². The Labute approximate surface area is 210 Å². The van der Waals surface area contributed by atoms with Gasteiger partial charge >= 0.3 is 0 Å². The second kappa shape index (κ2) is 9.00. The average molecular weight is 506 g/mol. The highest BCUT2D eigenvalue weighted by molar-refractivity contribution is 7.89. The summed E-state index contributed by atoms with van der Waals surface area (Å²) in [7, 11) is -3.94. The van der Waals surface area contributed by atoms with Crippen molar-refractivity contribution in [2.45, 2.75) is 44.0 Å². The maximum absolute atomic E-state index is 13.4. The van der Waals surface area contributed by atoms with E-state index < -0.39 is 27.8 Å². The smallest absolute Gasteiger partial charge is 0.300 e. The summed E-state index contributed by atoms with van der Waals surface area (Å²) in [6.07, 6.45) is 3.07. The molecule has 0 aliphatic carbocycles. The Hall–Kier alpha value is -3.82. The molecule has 1 unspecified atom stereocenters. The van der Waals surface area contributed by atoms with Crippen LogP contribution in [0.4, 0.5) is 5.69 Å². The Balaban J connectivity index is 1.94. The number of hydrogen-bond acceptors (Lipinski definition) is 6. The minimum absolute atomic E-state index is 0.0594. The molecule has 1 fully saturated rings. The van der Waals surface area contributed by atoms with Crippen LogP contribution in [-0.4, -0.2) is 30.2 Å². The lowest BCUT2D eigenvalue weighted by Crippen LogP contribution is -2.29. The summed E-state index contributed by atoms with van der Waals surface area (Å²) in [6, 6.07) is 13.4. The third-order valence-corrected chi connectivity index (χ3v) is 7.20. The van der Waals surface area contributed by atoms with E-state index in [1.54, 1.807) is 12.1 Å². The lowest BCUT2D eigenvalue weighted by molar-refractivity contribution is -0.132. The zero-order valence-corrected chi connectivity index (χ0v) is 21.2. The Bertz CT molecular complexity index is 1490. The highest BCUT2D eigenvalue weighted by Crippen LogP contribution is 2.42. The number of aryl methyl sites for hydroxylation is 1. The van der Waals surface area contributed by atoms with Crippen molar-refractivity contribution in [3.8, 4) is 0 Å². The zero-order chi connectivity index (χ0) is 26.4. The molecule has 1 amide bonds. The van der Waals surface area contributed by atoms with E-state index in [0.29, 0.717) is 11.1 Å². The number of rotatable bonds is 4. The van der Waals surface area contributed by atoms with E-state index in [4.69, 9.17) is 5.14 Å². The van der Waals surface area contributed by atoms with Crippen LogP contribution in [-0.2, 0) is 25.0 Å². The van der Waals surface area contributed by atoms with Gasteiger partial charge in [-0.2, -0.15) is 0 Å². The van der Waals surface area contributed by atoms with E-state index in [2.05, 4.69) is 4.98 Å². The number of Topliss-reactive ketones (excluding diaryl/α,β-unsaturated/α-hetero) is 1. The van der Waals surface area contributed by atoms with Gasteiger partial charge in [0.25, 0.3) is 11.7 Å².